The number of ether oxygens (including phenoxy) is 7. The van der Waals surface area contributed by atoms with Crippen molar-refractivity contribution in [3.8, 4) is 0 Å². The quantitative estimate of drug-likeness (QED) is 0.101. The van der Waals surface area contributed by atoms with Crippen LogP contribution in [0.1, 0.15) is 13.8 Å². The molecule has 274 valence electrons. The van der Waals surface area contributed by atoms with Gasteiger partial charge in [-0.3, -0.25) is 4.79 Å². The van der Waals surface area contributed by atoms with Gasteiger partial charge in [0.05, 0.1) is 25.9 Å². The molecule has 0 radical (unpaired) electrons. The van der Waals surface area contributed by atoms with Crippen LogP contribution in [0.5, 0.6) is 0 Å². The van der Waals surface area contributed by atoms with Gasteiger partial charge < -0.3 is 99.8 Å². The molecule has 4 heterocycles. The maximum atomic E-state index is 12.0. The van der Waals surface area contributed by atoms with E-state index >= 15 is 0 Å². The molecule has 1 amide bonds. The third kappa shape index (κ3) is 8.04. The molecule has 4 rings (SSSR count). The summed E-state index contributed by atoms with van der Waals surface area (Å²) in [5, 5.41) is 127. The number of hydrogen-bond acceptors (Lipinski definition) is 20. The average Bonchev–Trinajstić information content (AvgIpc) is 3.04. The number of hydrogen-bond donors (Lipinski definition) is 13. The number of carbonyl (C=O) groups is 1. The Morgan fingerprint density at radius 3 is 1.70 bits per heavy atom. The van der Waals surface area contributed by atoms with Crippen molar-refractivity contribution < 1.29 is 99.2 Å². The van der Waals surface area contributed by atoms with Crippen LogP contribution in [-0.2, 0) is 38.0 Å². The van der Waals surface area contributed by atoms with Gasteiger partial charge in [-0.15, -0.1) is 0 Å². The Hall–Kier alpha value is -1.29. The second-order valence-corrected chi connectivity index (χ2v) is 11.9. The molecule has 4 fully saturated rings. The molecule has 0 saturated carbocycles. The Bertz CT molecular complexity index is 1010. The van der Waals surface area contributed by atoms with Crippen molar-refractivity contribution in [2.75, 3.05) is 19.8 Å². The molecule has 0 aromatic carbocycles. The molecule has 4 aliphatic heterocycles. The third-order valence-electron chi connectivity index (χ3n) is 8.57. The van der Waals surface area contributed by atoms with Gasteiger partial charge in [-0.05, 0) is 6.92 Å². The number of aliphatic hydroxyl groups is 12. The largest absolute Gasteiger partial charge is 0.394 e. The van der Waals surface area contributed by atoms with Crippen LogP contribution in [-0.4, -0.2) is 210 Å². The summed E-state index contributed by atoms with van der Waals surface area (Å²) in [5.41, 5.74) is 0. The van der Waals surface area contributed by atoms with Crippen molar-refractivity contribution in [3.05, 3.63) is 0 Å². The van der Waals surface area contributed by atoms with E-state index < -0.39 is 148 Å². The minimum Gasteiger partial charge on any atom is -0.394 e. The Balaban J connectivity index is 1.73. The lowest BCUT2D eigenvalue weighted by Gasteiger charge is -2.50. The van der Waals surface area contributed by atoms with E-state index in [1.54, 1.807) is 0 Å². The lowest BCUT2D eigenvalue weighted by molar-refractivity contribution is -0.400. The van der Waals surface area contributed by atoms with Crippen molar-refractivity contribution in [2.24, 2.45) is 0 Å². The van der Waals surface area contributed by atoms with Crippen LogP contribution in [0.2, 0.25) is 0 Å². The van der Waals surface area contributed by atoms with E-state index in [-0.39, 0.29) is 0 Å². The summed E-state index contributed by atoms with van der Waals surface area (Å²) in [5.74, 6) is -0.710. The summed E-state index contributed by atoms with van der Waals surface area (Å²) < 4.78 is 39.7. The SMILES string of the molecule is CC(=O)N[C@H]1[C@@H](O[C@H]2[C@@H](O)[C@@H](CO)O[C@@H](O[C@@H]3[C@H](O)[C@@H](O)[C@H](O)O[C@@H]3CO)[C@@H]2O[C@@H]2O[C@@H](C)[C@@H](O)[C@@H](O)[C@@H]2O)O[C@H](CO)[C@H](O)[C@@H]1O. The van der Waals surface area contributed by atoms with Gasteiger partial charge in [0.1, 0.15) is 91.5 Å². The minimum atomic E-state index is -1.95. The van der Waals surface area contributed by atoms with Crippen molar-refractivity contribution in [1.82, 2.24) is 5.32 Å². The molecule has 0 unspecified atom stereocenters. The van der Waals surface area contributed by atoms with Crippen LogP contribution in [0, 0.1) is 0 Å². The first-order valence-electron chi connectivity index (χ1n) is 15.0. The zero-order valence-electron chi connectivity index (χ0n) is 25.3. The zero-order valence-corrected chi connectivity index (χ0v) is 25.3. The first kappa shape index (κ1) is 38.5. The monoisotopic (exact) mass is 691 g/mol. The van der Waals surface area contributed by atoms with Crippen LogP contribution < -0.4 is 5.32 Å². The summed E-state index contributed by atoms with van der Waals surface area (Å²) in [6.45, 7) is -0.177. The first-order chi connectivity index (χ1) is 22.1. The van der Waals surface area contributed by atoms with Gasteiger partial charge in [0.25, 0.3) is 0 Å². The highest BCUT2D eigenvalue weighted by atomic mass is 16.8. The van der Waals surface area contributed by atoms with Crippen LogP contribution in [0.4, 0.5) is 0 Å². The van der Waals surface area contributed by atoms with E-state index in [0.717, 1.165) is 6.92 Å². The summed E-state index contributed by atoms with van der Waals surface area (Å²) in [6.07, 6.45) is -33.0. The summed E-state index contributed by atoms with van der Waals surface area (Å²) in [6, 6.07) is -1.54. The molecule has 0 aromatic rings. The molecule has 0 aliphatic carbocycles. The summed E-state index contributed by atoms with van der Waals surface area (Å²) in [4.78, 5) is 12.0. The van der Waals surface area contributed by atoms with Crippen molar-refractivity contribution in [2.45, 2.75) is 137 Å². The average molecular weight is 692 g/mol. The number of nitrogens with one attached hydrogen (secondary N) is 1. The standard InChI is InChI=1S/C26H45NO20/c1-6-12(32)16(36)19(39)25(41-6)47-22-21(46-24-11(27-7(2)31)15(35)13(33)8(3-28)43-24)14(34)9(4-29)44-26(22)45-20-10(5-30)42-23(40)18(38)17(20)37/h6,8-26,28-30,32-40H,3-5H2,1-2H3,(H,27,31)/t6-,8+,9+,10+,11+,12+,13-,14-,15+,16+,17+,18+,19-,20-,21-,22+,23+,24+,25-,26-/m0/s1. The molecule has 4 saturated heterocycles. The van der Waals surface area contributed by atoms with Crippen LogP contribution in [0.15, 0.2) is 0 Å². The van der Waals surface area contributed by atoms with Gasteiger partial charge in [0.15, 0.2) is 25.2 Å². The highest BCUT2D eigenvalue weighted by Crippen LogP contribution is 2.35. The van der Waals surface area contributed by atoms with Crippen molar-refractivity contribution in [1.29, 1.82) is 0 Å². The van der Waals surface area contributed by atoms with Crippen LogP contribution in [0.25, 0.3) is 0 Å². The molecular formula is C26H45NO20. The normalized spacial score (nSPS) is 51.0. The fourth-order valence-electron chi connectivity index (χ4n) is 5.86. The van der Waals surface area contributed by atoms with E-state index in [4.69, 9.17) is 33.2 Å². The highest BCUT2D eigenvalue weighted by molar-refractivity contribution is 5.73. The van der Waals surface area contributed by atoms with Gasteiger partial charge in [-0.2, -0.15) is 0 Å². The van der Waals surface area contributed by atoms with E-state index in [2.05, 4.69) is 5.32 Å². The smallest absolute Gasteiger partial charge is 0.217 e. The van der Waals surface area contributed by atoms with Gasteiger partial charge in [0.2, 0.25) is 5.91 Å². The topological polar surface area (TPSA) is 336 Å². The zero-order chi connectivity index (χ0) is 34.9. The molecule has 13 N–H and O–H groups in total. The van der Waals surface area contributed by atoms with Crippen molar-refractivity contribution >= 4 is 5.91 Å². The Labute approximate surface area is 267 Å². The number of amides is 1. The lowest BCUT2D eigenvalue weighted by atomic mass is 9.94. The molecule has 20 atom stereocenters. The van der Waals surface area contributed by atoms with Gasteiger partial charge in [0, 0.05) is 6.92 Å². The molecule has 47 heavy (non-hydrogen) atoms. The summed E-state index contributed by atoms with van der Waals surface area (Å²) >= 11 is 0. The molecule has 4 aliphatic rings. The van der Waals surface area contributed by atoms with E-state index in [1.807, 2.05) is 0 Å². The maximum Gasteiger partial charge on any atom is 0.217 e. The molecule has 0 spiro atoms. The first-order valence-corrected chi connectivity index (χ1v) is 15.0. The van der Waals surface area contributed by atoms with Crippen molar-refractivity contribution in [3.63, 3.8) is 0 Å². The fourth-order valence-corrected chi connectivity index (χ4v) is 5.86. The molecule has 0 bridgehead atoms. The highest BCUT2D eigenvalue weighted by Gasteiger charge is 2.56. The predicted octanol–water partition coefficient (Wildman–Crippen LogP) is -8.58. The Morgan fingerprint density at radius 2 is 1.11 bits per heavy atom. The van der Waals surface area contributed by atoms with Gasteiger partial charge in [-0.25, -0.2) is 0 Å². The molecular weight excluding hydrogens is 646 g/mol. The predicted molar refractivity (Wildman–Crippen MR) is 144 cm³/mol. The summed E-state index contributed by atoms with van der Waals surface area (Å²) in [7, 11) is 0. The van der Waals surface area contributed by atoms with Crippen LogP contribution in [0.3, 0.4) is 0 Å². The number of carbonyl (C=O) groups excluding carboxylic acids is 1. The van der Waals surface area contributed by atoms with Crippen LogP contribution >= 0.6 is 0 Å². The lowest BCUT2D eigenvalue weighted by Crippen LogP contribution is -2.69. The Kier molecular flexibility index (Phi) is 13.2. The second-order valence-electron chi connectivity index (χ2n) is 11.9. The molecule has 21 heteroatoms. The van der Waals surface area contributed by atoms with E-state index in [9.17, 15) is 66.1 Å². The van der Waals surface area contributed by atoms with Gasteiger partial charge >= 0.3 is 0 Å². The van der Waals surface area contributed by atoms with E-state index in [1.165, 1.54) is 6.92 Å². The number of aliphatic hydroxyl groups excluding tert-OH is 12. The second kappa shape index (κ2) is 16.2. The number of rotatable bonds is 10. The third-order valence-corrected chi connectivity index (χ3v) is 8.57. The Morgan fingerprint density at radius 1 is 0.553 bits per heavy atom. The maximum absolute atomic E-state index is 12.0. The fraction of sp³-hybridized carbons (Fsp3) is 0.962. The molecule has 21 nitrogen and oxygen atoms in total. The molecule has 0 aromatic heterocycles. The van der Waals surface area contributed by atoms with E-state index in [0.29, 0.717) is 0 Å². The van der Waals surface area contributed by atoms with Gasteiger partial charge in [-0.1, -0.05) is 0 Å². The minimum absolute atomic E-state index is 0.710.